The van der Waals surface area contributed by atoms with Gasteiger partial charge in [-0.2, -0.15) is 0 Å². The second kappa shape index (κ2) is 6.03. The molecule has 17 heavy (non-hydrogen) atoms. The van der Waals surface area contributed by atoms with Crippen molar-refractivity contribution < 1.29 is 14.3 Å². The first kappa shape index (κ1) is 13.2. The van der Waals surface area contributed by atoms with Gasteiger partial charge >= 0.3 is 0 Å². The average molecular weight is 255 g/mol. The maximum Gasteiger partial charge on any atom is 0.235 e. The number of benzene rings is 1. The van der Waals surface area contributed by atoms with Crippen LogP contribution in [-0.4, -0.2) is 19.1 Å². The van der Waals surface area contributed by atoms with E-state index in [0.29, 0.717) is 22.0 Å². The van der Waals surface area contributed by atoms with Gasteiger partial charge in [-0.15, -0.1) is 0 Å². The molecular weight excluding hydrogens is 244 g/mol. The van der Waals surface area contributed by atoms with E-state index >= 15 is 0 Å². The molecule has 0 fully saturated rings. The van der Waals surface area contributed by atoms with E-state index in [1.165, 1.54) is 20.1 Å². The minimum Gasteiger partial charge on any atom is -0.495 e. The number of aliphatic imine (C=N–C) groups is 1. The summed E-state index contributed by atoms with van der Waals surface area (Å²) in [4.78, 5) is 24.7. The van der Waals surface area contributed by atoms with Crippen LogP contribution in [-0.2, 0) is 16.1 Å². The van der Waals surface area contributed by atoms with Gasteiger partial charge in [0.1, 0.15) is 5.75 Å². The molecule has 0 radical (unpaired) electrons. The fourth-order valence-corrected chi connectivity index (χ4v) is 1.57. The van der Waals surface area contributed by atoms with Crippen LogP contribution in [0.5, 0.6) is 5.75 Å². The number of rotatable bonds is 4. The standard InChI is InChI=1S/C11H11ClN2O3/c1-7(16)14-11-8(5-13-6-15)9(12)3-4-10(11)17-2/h3-4H,5H2,1-2H3,(H,14,16). The van der Waals surface area contributed by atoms with E-state index in [1.54, 1.807) is 12.1 Å². The number of amides is 1. The second-order valence-electron chi connectivity index (χ2n) is 3.19. The number of isocyanates is 1. The van der Waals surface area contributed by atoms with Gasteiger partial charge in [-0.05, 0) is 12.1 Å². The van der Waals surface area contributed by atoms with Crippen LogP contribution in [0.15, 0.2) is 17.1 Å². The van der Waals surface area contributed by atoms with Gasteiger partial charge in [-0.3, -0.25) is 4.79 Å². The molecule has 1 aromatic carbocycles. The Morgan fingerprint density at radius 1 is 1.59 bits per heavy atom. The summed E-state index contributed by atoms with van der Waals surface area (Å²) in [6.45, 7) is 1.41. The molecule has 0 aliphatic heterocycles. The summed E-state index contributed by atoms with van der Waals surface area (Å²) in [5.41, 5.74) is 0.941. The zero-order valence-electron chi connectivity index (χ0n) is 9.41. The van der Waals surface area contributed by atoms with Crippen LogP contribution in [0.4, 0.5) is 5.69 Å². The average Bonchev–Trinajstić information content (AvgIpc) is 2.28. The zero-order valence-corrected chi connectivity index (χ0v) is 10.2. The highest BCUT2D eigenvalue weighted by molar-refractivity contribution is 6.32. The van der Waals surface area contributed by atoms with Crippen molar-refractivity contribution in [2.24, 2.45) is 4.99 Å². The van der Waals surface area contributed by atoms with Crippen molar-refractivity contribution in [2.75, 3.05) is 12.4 Å². The van der Waals surface area contributed by atoms with Gasteiger partial charge in [0.15, 0.2) is 0 Å². The predicted octanol–water partition coefficient (Wildman–Crippen LogP) is 2.14. The van der Waals surface area contributed by atoms with Crippen molar-refractivity contribution in [1.29, 1.82) is 0 Å². The van der Waals surface area contributed by atoms with Gasteiger partial charge in [0.2, 0.25) is 12.0 Å². The molecule has 0 heterocycles. The maximum atomic E-state index is 11.1. The topological polar surface area (TPSA) is 67.8 Å². The molecule has 0 aliphatic carbocycles. The first-order valence-electron chi connectivity index (χ1n) is 4.76. The SMILES string of the molecule is COc1ccc(Cl)c(CN=C=O)c1NC(C)=O. The van der Waals surface area contributed by atoms with E-state index in [0.717, 1.165) is 0 Å². The smallest absolute Gasteiger partial charge is 0.235 e. The third kappa shape index (κ3) is 3.31. The molecule has 0 saturated heterocycles. The predicted molar refractivity (Wildman–Crippen MR) is 64.1 cm³/mol. The number of carbonyl (C=O) groups excluding carboxylic acids is 2. The Hall–Kier alpha value is -1.84. The van der Waals surface area contributed by atoms with Crippen molar-refractivity contribution >= 4 is 29.3 Å². The number of halogens is 1. The van der Waals surface area contributed by atoms with Crippen LogP contribution in [0.1, 0.15) is 12.5 Å². The van der Waals surface area contributed by atoms with Crippen molar-refractivity contribution in [3.05, 3.63) is 22.7 Å². The van der Waals surface area contributed by atoms with E-state index in [9.17, 15) is 9.59 Å². The Labute approximate surface area is 103 Å². The summed E-state index contributed by atoms with van der Waals surface area (Å²) in [6.07, 6.45) is 1.42. The van der Waals surface area contributed by atoms with Crippen LogP contribution in [0.3, 0.4) is 0 Å². The third-order valence-electron chi connectivity index (χ3n) is 2.04. The van der Waals surface area contributed by atoms with Gasteiger partial charge < -0.3 is 10.1 Å². The van der Waals surface area contributed by atoms with Gasteiger partial charge in [0.25, 0.3) is 0 Å². The summed E-state index contributed by atoms with van der Waals surface area (Å²) in [6, 6.07) is 3.24. The van der Waals surface area contributed by atoms with Crippen molar-refractivity contribution in [1.82, 2.24) is 0 Å². The number of hydrogen-bond acceptors (Lipinski definition) is 4. The lowest BCUT2D eigenvalue weighted by molar-refractivity contribution is -0.114. The molecule has 90 valence electrons. The fourth-order valence-electron chi connectivity index (χ4n) is 1.35. The third-order valence-corrected chi connectivity index (χ3v) is 2.39. The van der Waals surface area contributed by atoms with Crippen LogP contribution in [0.25, 0.3) is 0 Å². The van der Waals surface area contributed by atoms with Gasteiger partial charge in [-0.25, -0.2) is 9.79 Å². The highest BCUT2D eigenvalue weighted by Gasteiger charge is 2.13. The van der Waals surface area contributed by atoms with Gasteiger partial charge in [0, 0.05) is 17.5 Å². The molecule has 0 unspecified atom stereocenters. The lowest BCUT2D eigenvalue weighted by Crippen LogP contribution is -2.10. The highest BCUT2D eigenvalue weighted by atomic mass is 35.5. The number of carbonyl (C=O) groups is 1. The van der Waals surface area contributed by atoms with E-state index in [-0.39, 0.29) is 12.5 Å². The quantitative estimate of drug-likeness (QED) is 0.661. The van der Waals surface area contributed by atoms with E-state index in [1.807, 2.05) is 0 Å². The Kier molecular flexibility index (Phi) is 4.69. The monoisotopic (exact) mass is 254 g/mol. The number of hydrogen-bond donors (Lipinski definition) is 1. The van der Waals surface area contributed by atoms with Crippen LogP contribution in [0.2, 0.25) is 5.02 Å². The summed E-state index contributed by atoms with van der Waals surface area (Å²) < 4.78 is 5.11. The fraction of sp³-hybridized carbons (Fsp3) is 0.273. The Morgan fingerprint density at radius 3 is 2.82 bits per heavy atom. The Balaban J connectivity index is 3.29. The normalized spacial score (nSPS) is 9.35. The van der Waals surface area contributed by atoms with E-state index in [4.69, 9.17) is 16.3 Å². The first-order valence-corrected chi connectivity index (χ1v) is 5.14. The van der Waals surface area contributed by atoms with E-state index in [2.05, 4.69) is 10.3 Å². The summed E-state index contributed by atoms with van der Waals surface area (Å²) in [5, 5.41) is 3.00. The van der Waals surface area contributed by atoms with Crippen molar-refractivity contribution in [3.8, 4) is 5.75 Å². The van der Waals surface area contributed by atoms with Crippen molar-refractivity contribution in [2.45, 2.75) is 13.5 Å². The molecule has 0 atom stereocenters. The summed E-state index contributed by atoms with van der Waals surface area (Å²) in [7, 11) is 1.47. The lowest BCUT2D eigenvalue weighted by Gasteiger charge is -2.14. The molecule has 5 nitrogen and oxygen atoms in total. The zero-order chi connectivity index (χ0) is 12.8. The molecule has 0 aliphatic rings. The summed E-state index contributed by atoms with van der Waals surface area (Å²) in [5.74, 6) is 0.197. The minimum absolute atomic E-state index is 0.0369. The molecule has 0 saturated carbocycles. The minimum atomic E-state index is -0.262. The van der Waals surface area contributed by atoms with Crippen LogP contribution < -0.4 is 10.1 Å². The van der Waals surface area contributed by atoms with E-state index < -0.39 is 0 Å². The molecule has 1 amide bonds. The number of anilines is 1. The molecule has 6 heteroatoms. The number of nitrogens with one attached hydrogen (secondary N) is 1. The Morgan fingerprint density at radius 2 is 2.29 bits per heavy atom. The highest BCUT2D eigenvalue weighted by Crippen LogP contribution is 2.34. The molecule has 1 rings (SSSR count). The number of nitrogens with zero attached hydrogens (tertiary/aromatic N) is 1. The molecule has 1 aromatic rings. The number of methoxy groups -OCH3 is 1. The molecule has 0 spiro atoms. The largest absolute Gasteiger partial charge is 0.495 e. The van der Waals surface area contributed by atoms with Crippen molar-refractivity contribution in [3.63, 3.8) is 0 Å². The molecule has 1 N–H and O–H groups in total. The first-order chi connectivity index (χ1) is 8.10. The Bertz CT molecular complexity index is 482. The van der Waals surface area contributed by atoms with Gasteiger partial charge in [-0.1, -0.05) is 11.6 Å². The molecule has 0 aromatic heterocycles. The molecular formula is C11H11ClN2O3. The second-order valence-corrected chi connectivity index (χ2v) is 3.60. The van der Waals surface area contributed by atoms with Crippen LogP contribution >= 0.6 is 11.6 Å². The lowest BCUT2D eigenvalue weighted by atomic mass is 10.1. The van der Waals surface area contributed by atoms with Gasteiger partial charge in [0.05, 0.1) is 19.3 Å². The number of ether oxygens (including phenoxy) is 1. The molecule has 0 bridgehead atoms. The van der Waals surface area contributed by atoms with Crippen LogP contribution in [0, 0.1) is 0 Å². The maximum absolute atomic E-state index is 11.1. The summed E-state index contributed by atoms with van der Waals surface area (Å²) >= 11 is 5.98.